The Hall–Kier alpha value is -0.570. The van der Waals surface area contributed by atoms with E-state index in [9.17, 15) is 4.79 Å². The Morgan fingerprint density at radius 1 is 1.11 bits per heavy atom. The predicted octanol–water partition coefficient (Wildman–Crippen LogP) is 2.15. The molecule has 0 aromatic rings. The van der Waals surface area contributed by atoms with Crippen LogP contribution < -0.4 is 5.73 Å². The molecule has 3 heteroatoms. The van der Waals surface area contributed by atoms with Gasteiger partial charge in [-0.15, -0.1) is 0 Å². The molecule has 3 fully saturated rings. The third kappa shape index (κ3) is 2.42. The van der Waals surface area contributed by atoms with Gasteiger partial charge in [-0.25, -0.2) is 0 Å². The fraction of sp³-hybridized carbons (Fsp3) is 0.933. The molecule has 18 heavy (non-hydrogen) atoms. The largest absolute Gasteiger partial charge is 0.342 e. The Labute approximate surface area is 110 Å². The minimum Gasteiger partial charge on any atom is -0.342 e. The highest BCUT2D eigenvalue weighted by Crippen LogP contribution is 2.37. The normalized spacial score (nSPS) is 36.3. The van der Waals surface area contributed by atoms with E-state index in [1.54, 1.807) is 0 Å². The van der Waals surface area contributed by atoms with Crippen LogP contribution in [0, 0.1) is 17.8 Å². The van der Waals surface area contributed by atoms with Crippen LogP contribution in [0.3, 0.4) is 0 Å². The lowest BCUT2D eigenvalue weighted by molar-refractivity contribution is -0.130. The van der Waals surface area contributed by atoms with Crippen molar-refractivity contribution in [1.29, 1.82) is 0 Å². The van der Waals surface area contributed by atoms with Crippen LogP contribution in [0.4, 0.5) is 0 Å². The van der Waals surface area contributed by atoms with Gasteiger partial charge >= 0.3 is 0 Å². The molecular weight excluding hydrogens is 224 g/mol. The maximum absolute atomic E-state index is 12.2. The van der Waals surface area contributed by atoms with Gasteiger partial charge in [0.05, 0.1) is 0 Å². The number of fused-ring (bicyclic) bond motifs is 1. The van der Waals surface area contributed by atoms with Gasteiger partial charge in [0, 0.05) is 25.6 Å². The second-order valence-electron chi connectivity index (χ2n) is 6.65. The first-order chi connectivity index (χ1) is 8.74. The van der Waals surface area contributed by atoms with Crippen molar-refractivity contribution >= 4 is 5.91 Å². The molecule has 1 amide bonds. The zero-order valence-electron chi connectivity index (χ0n) is 11.3. The third-order valence-electron chi connectivity index (χ3n) is 5.51. The highest BCUT2D eigenvalue weighted by atomic mass is 16.2. The van der Waals surface area contributed by atoms with E-state index >= 15 is 0 Å². The van der Waals surface area contributed by atoms with Gasteiger partial charge in [-0.3, -0.25) is 4.79 Å². The maximum atomic E-state index is 12.2. The molecular formula is C15H26N2O. The number of nitrogens with two attached hydrogens (primary N) is 1. The summed E-state index contributed by atoms with van der Waals surface area (Å²) in [4.78, 5) is 14.3. The van der Waals surface area contributed by atoms with Crippen LogP contribution in [0.5, 0.6) is 0 Å². The molecule has 0 aromatic carbocycles. The van der Waals surface area contributed by atoms with Gasteiger partial charge in [0.25, 0.3) is 0 Å². The summed E-state index contributed by atoms with van der Waals surface area (Å²) in [6, 6.07) is 0.350. The molecule has 0 bridgehead atoms. The van der Waals surface area contributed by atoms with E-state index in [0.29, 0.717) is 23.8 Å². The van der Waals surface area contributed by atoms with E-state index in [-0.39, 0.29) is 0 Å². The summed E-state index contributed by atoms with van der Waals surface area (Å²) in [7, 11) is 0. The van der Waals surface area contributed by atoms with Crippen molar-refractivity contribution in [3.05, 3.63) is 0 Å². The first-order valence-electron chi connectivity index (χ1n) is 7.77. The van der Waals surface area contributed by atoms with Crippen molar-refractivity contribution in [3.63, 3.8) is 0 Å². The molecule has 0 spiro atoms. The topological polar surface area (TPSA) is 46.3 Å². The van der Waals surface area contributed by atoms with Crippen LogP contribution in [-0.4, -0.2) is 29.9 Å². The third-order valence-corrected chi connectivity index (χ3v) is 5.51. The Bertz CT molecular complexity index is 312. The van der Waals surface area contributed by atoms with Crippen LogP contribution in [0.2, 0.25) is 0 Å². The molecule has 3 rings (SSSR count). The molecule has 2 saturated carbocycles. The van der Waals surface area contributed by atoms with E-state index in [0.717, 1.165) is 31.8 Å². The molecule has 1 saturated heterocycles. The van der Waals surface area contributed by atoms with Gasteiger partial charge < -0.3 is 10.6 Å². The van der Waals surface area contributed by atoms with Crippen LogP contribution in [-0.2, 0) is 4.79 Å². The van der Waals surface area contributed by atoms with Gasteiger partial charge in [0.1, 0.15) is 0 Å². The van der Waals surface area contributed by atoms with Crippen molar-refractivity contribution < 1.29 is 4.79 Å². The van der Waals surface area contributed by atoms with Gasteiger partial charge in [0.15, 0.2) is 0 Å². The predicted molar refractivity (Wildman–Crippen MR) is 72.0 cm³/mol. The van der Waals surface area contributed by atoms with E-state index in [1.807, 2.05) is 0 Å². The Morgan fingerprint density at radius 2 is 1.89 bits per heavy atom. The van der Waals surface area contributed by atoms with Crippen LogP contribution in [0.25, 0.3) is 0 Å². The van der Waals surface area contributed by atoms with Gasteiger partial charge in [0.2, 0.25) is 5.91 Å². The summed E-state index contributed by atoms with van der Waals surface area (Å²) in [6.07, 6.45) is 9.75. The molecule has 102 valence electrons. The van der Waals surface area contributed by atoms with Crippen LogP contribution >= 0.6 is 0 Å². The van der Waals surface area contributed by atoms with Gasteiger partial charge in [-0.1, -0.05) is 25.7 Å². The number of rotatable bonds is 3. The van der Waals surface area contributed by atoms with Crippen molar-refractivity contribution in [2.24, 2.45) is 23.5 Å². The van der Waals surface area contributed by atoms with Crippen molar-refractivity contribution in [2.45, 2.75) is 57.4 Å². The summed E-state index contributed by atoms with van der Waals surface area (Å²) >= 11 is 0. The molecule has 1 aliphatic heterocycles. The lowest BCUT2D eigenvalue weighted by Crippen LogP contribution is -2.33. The smallest absolute Gasteiger partial charge is 0.222 e. The molecule has 3 aliphatic rings. The molecule has 2 aliphatic carbocycles. The number of likely N-dealkylation sites (tertiary alicyclic amines) is 1. The van der Waals surface area contributed by atoms with Gasteiger partial charge in [-0.2, -0.15) is 0 Å². The molecule has 3 nitrogen and oxygen atoms in total. The zero-order valence-corrected chi connectivity index (χ0v) is 11.3. The number of carbonyl (C=O) groups excluding carboxylic acids is 1. The second-order valence-corrected chi connectivity index (χ2v) is 6.65. The van der Waals surface area contributed by atoms with Gasteiger partial charge in [-0.05, 0) is 37.0 Å². The standard InChI is InChI=1S/C15H26N2O/c16-14-7-6-12-9-17(10-13(12)14)15(18)8-5-11-3-1-2-4-11/h11-14H,1-10,16H2. The van der Waals surface area contributed by atoms with E-state index in [2.05, 4.69) is 4.90 Å². The quantitative estimate of drug-likeness (QED) is 0.834. The zero-order chi connectivity index (χ0) is 12.5. The van der Waals surface area contributed by atoms with Crippen LogP contribution in [0.1, 0.15) is 51.4 Å². The Kier molecular flexibility index (Phi) is 3.60. The number of hydrogen-bond acceptors (Lipinski definition) is 2. The van der Waals surface area contributed by atoms with Crippen molar-refractivity contribution in [3.8, 4) is 0 Å². The molecule has 3 atom stereocenters. The average molecular weight is 250 g/mol. The first-order valence-corrected chi connectivity index (χ1v) is 7.77. The number of carbonyl (C=O) groups is 1. The fourth-order valence-corrected chi connectivity index (χ4v) is 4.30. The molecule has 0 aromatic heterocycles. The minimum atomic E-state index is 0.350. The summed E-state index contributed by atoms with van der Waals surface area (Å²) in [5.74, 6) is 2.53. The summed E-state index contributed by atoms with van der Waals surface area (Å²) < 4.78 is 0. The lowest BCUT2D eigenvalue weighted by atomic mass is 9.98. The van der Waals surface area contributed by atoms with Crippen LogP contribution in [0.15, 0.2) is 0 Å². The second kappa shape index (κ2) is 5.20. The fourth-order valence-electron chi connectivity index (χ4n) is 4.30. The highest BCUT2D eigenvalue weighted by Gasteiger charge is 2.42. The Morgan fingerprint density at radius 3 is 2.61 bits per heavy atom. The van der Waals surface area contributed by atoms with E-state index < -0.39 is 0 Å². The minimum absolute atomic E-state index is 0.350. The van der Waals surface area contributed by atoms with Crippen molar-refractivity contribution in [1.82, 2.24) is 4.90 Å². The monoisotopic (exact) mass is 250 g/mol. The molecule has 3 unspecified atom stereocenters. The molecule has 1 heterocycles. The average Bonchev–Trinajstić information content (AvgIpc) is 3.05. The Balaban J connectivity index is 1.46. The summed E-state index contributed by atoms with van der Waals surface area (Å²) in [6.45, 7) is 1.93. The van der Waals surface area contributed by atoms with E-state index in [4.69, 9.17) is 5.73 Å². The lowest BCUT2D eigenvalue weighted by Gasteiger charge is -2.19. The number of nitrogens with zero attached hydrogens (tertiary/aromatic N) is 1. The SMILES string of the molecule is NC1CCC2CN(C(=O)CCC3CCCC3)CC12. The number of amides is 1. The molecule has 2 N–H and O–H groups in total. The first kappa shape index (κ1) is 12.5. The highest BCUT2D eigenvalue weighted by molar-refractivity contribution is 5.76. The summed E-state index contributed by atoms with van der Waals surface area (Å²) in [5, 5.41) is 0. The maximum Gasteiger partial charge on any atom is 0.222 e. The van der Waals surface area contributed by atoms with E-state index in [1.165, 1.54) is 38.5 Å². The summed E-state index contributed by atoms with van der Waals surface area (Å²) in [5.41, 5.74) is 6.12. The molecule has 0 radical (unpaired) electrons. The van der Waals surface area contributed by atoms with Crippen molar-refractivity contribution in [2.75, 3.05) is 13.1 Å². The number of hydrogen-bond donors (Lipinski definition) is 1.